The summed E-state index contributed by atoms with van der Waals surface area (Å²) in [6.45, 7) is 2.31. The third-order valence-corrected chi connectivity index (χ3v) is 2.66. The van der Waals surface area contributed by atoms with Gasteiger partial charge in [-0.15, -0.1) is 0 Å². The first-order valence-electron chi connectivity index (χ1n) is 6.07. The third kappa shape index (κ3) is 3.45. The van der Waals surface area contributed by atoms with Gasteiger partial charge in [-0.05, 0) is 37.7 Å². The fraction of sp³-hybridized carbons (Fsp3) is 0.462. The van der Waals surface area contributed by atoms with E-state index in [1.54, 1.807) is 0 Å². The molecule has 0 bridgehead atoms. The van der Waals surface area contributed by atoms with Crippen LogP contribution in [0.5, 0.6) is 5.75 Å². The molecule has 98 valence electrons. The molecule has 5 heteroatoms. The summed E-state index contributed by atoms with van der Waals surface area (Å²) in [5.41, 5.74) is 1.76. The molecule has 1 heterocycles. The number of rotatable bonds is 6. The van der Waals surface area contributed by atoms with E-state index in [4.69, 9.17) is 9.47 Å². The lowest BCUT2D eigenvalue weighted by atomic mass is 10.2. The number of carbonyl (C=O) groups is 1. The van der Waals surface area contributed by atoms with Gasteiger partial charge in [0.05, 0.1) is 12.3 Å². The van der Waals surface area contributed by atoms with Gasteiger partial charge in [0.2, 0.25) is 0 Å². The summed E-state index contributed by atoms with van der Waals surface area (Å²) in [5.74, 6) is 0.600. The zero-order chi connectivity index (χ0) is 12.8. The van der Waals surface area contributed by atoms with Crippen molar-refractivity contribution < 1.29 is 14.3 Å². The second-order valence-corrected chi connectivity index (χ2v) is 4.18. The normalized spacial score (nSPS) is 13.7. The molecule has 0 spiro atoms. The third-order valence-electron chi connectivity index (χ3n) is 2.66. The molecule has 0 aromatic heterocycles. The molecule has 1 aliphatic heterocycles. The number of ether oxygens (including phenoxy) is 2. The number of hydrogen-bond acceptors (Lipinski definition) is 4. The van der Waals surface area contributed by atoms with Crippen molar-refractivity contribution in [1.29, 1.82) is 0 Å². The predicted molar refractivity (Wildman–Crippen MR) is 68.8 cm³/mol. The van der Waals surface area contributed by atoms with E-state index >= 15 is 0 Å². The van der Waals surface area contributed by atoms with E-state index in [1.807, 2.05) is 25.2 Å². The lowest BCUT2D eigenvalue weighted by Crippen LogP contribution is -2.25. The first-order chi connectivity index (χ1) is 8.79. The molecule has 0 saturated carbocycles. The molecular formula is C13H18N2O3. The van der Waals surface area contributed by atoms with Crippen LogP contribution in [0.1, 0.15) is 12.0 Å². The molecule has 5 nitrogen and oxygen atoms in total. The zero-order valence-electron chi connectivity index (χ0n) is 10.5. The van der Waals surface area contributed by atoms with Crippen LogP contribution in [0.25, 0.3) is 0 Å². The molecule has 1 aliphatic rings. The Labute approximate surface area is 106 Å². The molecule has 0 fully saturated rings. The highest BCUT2D eigenvalue weighted by Gasteiger charge is 2.15. The molecule has 0 radical (unpaired) electrons. The van der Waals surface area contributed by atoms with Crippen molar-refractivity contribution in [2.24, 2.45) is 0 Å². The maximum absolute atomic E-state index is 11.2. The van der Waals surface area contributed by atoms with Crippen LogP contribution in [0, 0.1) is 0 Å². The summed E-state index contributed by atoms with van der Waals surface area (Å²) in [6.07, 6.45) is 0.987. The number of fused-ring (bicyclic) bond motifs is 1. The van der Waals surface area contributed by atoms with Crippen molar-refractivity contribution in [2.75, 3.05) is 32.1 Å². The van der Waals surface area contributed by atoms with E-state index in [0.29, 0.717) is 12.4 Å². The van der Waals surface area contributed by atoms with Crippen LogP contribution < -0.4 is 15.4 Å². The molecule has 2 N–H and O–H groups in total. The van der Waals surface area contributed by atoms with Crippen molar-refractivity contribution >= 4 is 11.6 Å². The summed E-state index contributed by atoms with van der Waals surface area (Å²) in [5, 5.41) is 5.85. The number of benzene rings is 1. The molecule has 0 unspecified atom stereocenters. The average molecular weight is 250 g/mol. The van der Waals surface area contributed by atoms with Crippen LogP contribution >= 0.6 is 0 Å². The van der Waals surface area contributed by atoms with E-state index in [-0.39, 0.29) is 12.5 Å². The molecule has 0 aliphatic carbocycles. The van der Waals surface area contributed by atoms with E-state index in [9.17, 15) is 4.79 Å². The summed E-state index contributed by atoms with van der Waals surface area (Å²) in [6, 6.07) is 5.71. The number of anilines is 1. The van der Waals surface area contributed by atoms with Crippen LogP contribution in [-0.4, -0.2) is 32.7 Å². The summed E-state index contributed by atoms with van der Waals surface area (Å²) >= 11 is 0. The van der Waals surface area contributed by atoms with Gasteiger partial charge in [-0.2, -0.15) is 0 Å². The van der Waals surface area contributed by atoms with Gasteiger partial charge in [0.1, 0.15) is 5.75 Å². The summed E-state index contributed by atoms with van der Waals surface area (Å²) in [7, 11) is 1.92. The minimum absolute atomic E-state index is 0.0901. The first kappa shape index (κ1) is 12.9. The van der Waals surface area contributed by atoms with Crippen LogP contribution in [-0.2, 0) is 16.1 Å². The van der Waals surface area contributed by atoms with Crippen molar-refractivity contribution in [3.05, 3.63) is 23.8 Å². The standard InChI is InChI=1S/C13H18N2O3/c1-14-5-2-6-17-8-10-3-4-12-11(7-10)15-13(16)9-18-12/h3-4,7,14H,2,5-6,8-9H2,1H3,(H,15,16). The van der Waals surface area contributed by atoms with Gasteiger partial charge in [-0.3, -0.25) is 4.79 Å². The van der Waals surface area contributed by atoms with E-state index < -0.39 is 0 Å². The smallest absolute Gasteiger partial charge is 0.262 e. The van der Waals surface area contributed by atoms with Gasteiger partial charge in [-0.1, -0.05) is 6.07 Å². The minimum Gasteiger partial charge on any atom is -0.482 e. The highest BCUT2D eigenvalue weighted by molar-refractivity contribution is 5.95. The van der Waals surface area contributed by atoms with Crippen LogP contribution in [0.2, 0.25) is 0 Å². The average Bonchev–Trinajstić information content (AvgIpc) is 2.38. The minimum atomic E-state index is -0.116. The Hall–Kier alpha value is -1.59. The van der Waals surface area contributed by atoms with Gasteiger partial charge in [0.15, 0.2) is 6.61 Å². The van der Waals surface area contributed by atoms with Gasteiger partial charge < -0.3 is 20.1 Å². The number of amides is 1. The van der Waals surface area contributed by atoms with Crippen molar-refractivity contribution in [3.63, 3.8) is 0 Å². The second-order valence-electron chi connectivity index (χ2n) is 4.18. The zero-order valence-corrected chi connectivity index (χ0v) is 10.5. The molecule has 18 heavy (non-hydrogen) atoms. The summed E-state index contributed by atoms with van der Waals surface area (Å²) < 4.78 is 10.8. The van der Waals surface area contributed by atoms with Crippen LogP contribution in [0.3, 0.4) is 0 Å². The van der Waals surface area contributed by atoms with Gasteiger partial charge in [0.25, 0.3) is 5.91 Å². The van der Waals surface area contributed by atoms with E-state index in [1.165, 1.54) is 0 Å². The largest absolute Gasteiger partial charge is 0.482 e. The van der Waals surface area contributed by atoms with Crippen LogP contribution in [0.15, 0.2) is 18.2 Å². The Morgan fingerprint density at radius 1 is 1.50 bits per heavy atom. The maximum atomic E-state index is 11.2. The van der Waals surface area contributed by atoms with E-state index in [2.05, 4.69) is 10.6 Å². The highest BCUT2D eigenvalue weighted by Crippen LogP contribution is 2.28. The van der Waals surface area contributed by atoms with Gasteiger partial charge in [-0.25, -0.2) is 0 Å². The lowest BCUT2D eigenvalue weighted by Gasteiger charge is -2.18. The maximum Gasteiger partial charge on any atom is 0.262 e. The van der Waals surface area contributed by atoms with Gasteiger partial charge in [0, 0.05) is 6.61 Å². The number of nitrogens with one attached hydrogen (secondary N) is 2. The SMILES string of the molecule is CNCCCOCc1ccc2c(c1)NC(=O)CO2. The highest BCUT2D eigenvalue weighted by atomic mass is 16.5. The fourth-order valence-corrected chi connectivity index (χ4v) is 1.76. The molecule has 1 aromatic carbocycles. The molecule has 1 amide bonds. The van der Waals surface area contributed by atoms with Crippen molar-refractivity contribution in [3.8, 4) is 5.75 Å². The lowest BCUT2D eigenvalue weighted by molar-refractivity contribution is -0.118. The molecule has 0 atom stereocenters. The Bertz CT molecular complexity index is 421. The number of hydrogen-bond donors (Lipinski definition) is 2. The fourth-order valence-electron chi connectivity index (χ4n) is 1.76. The van der Waals surface area contributed by atoms with E-state index in [0.717, 1.165) is 30.8 Å². The van der Waals surface area contributed by atoms with Crippen LogP contribution in [0.4, 0.5) is 5.69 Å². The second kappa shape index (κ2) is 6.37. The molecule has 1 aromatic rings. The topological polar surface area (TPSA) is 59.6 Å². The molecular weight excluding hydrogens is 232 g/mol. The van der Waals surface area contributed by atoms with Gasteiger partial charge >= 0.3 is 0 Å². The Morgan fingerprint density at radius 2 is 2.39 bits per heavy atom. The predicted octanol–water partition coefficient (Wildman–Crippen LogP) is 1.14. The summed E-state index contributed by atoms with van der Waals surface area (Å²) in [4.78, 5) is 11.2. The molecule has 2 rings (SSSR count). The van der Waals surface area contributed by atoms with Crippen molar-refractivity contribution in [2.45, 2.75) is 13.0 Å². The monoisotopic (exact) mass is 250 g/mol. The molecule has 0 saturated heterocycles. The number of carbonyl (C=O) groups excluding carboxylic acids is 1. The Kier molecular flexibility index (Phi) is 4.55. The Balaban J connectivity index is 1.86. The van der Waals surface area contributed by atoms with Crippen molar-refractivity contribution in [1.82, 2.24) is 5.32 Å². The first-order valence-corrected chi connectivity index (χ1v) is 6.07. The quantitative estimate of drug-likeness (QED) is 0.743. The Morgan fingerprint density at radius 3 is 3.22 bits per heavy atom.